The second-order valence-electron chi connectivity index (χ2n) is 6.15. The van der Waals surface area contributed by atoms with Gasteiger partial charge in [-0.1, -0.05) is 26.7 Å². The highest BCUT2D eigenvalue weighted by Crippen LogP contribution is 2.38. The topological polar surface area (TPSA) is 75.1 Å². The summed E-state index contributed by atoms with van der Waals surface area (Å²) in [5.41, 5.74) is 0.247. The number of carbonyl (C=O) groups is 1. The van der Waals surface area contributed by atoms with E-state index in [1.807, 2.05) is 13.0 Å². The van der Waals surface area contributed by atoms with E-state index in [4.69, 9.17) is 0 Å². The molecular formula is C15H23N3O2. The number of rotatable bonds is 4. The van der Waals surface area contributed by atoms with Crippen molar-refractivity contribution in [3.63, 3.8) is 0 Å². The summed E-state index contributed by atoms with van der Waals surface area (Å²) in [6.45, 7) is 5.99. The van der Waals surface area contributed by atoms with Gasteiger partial charge in [-0.2, -0.15) is 0 Å². The number of aromatic nitrogens is 2. The Morgan fingerprint density at radius 2 is 2.20 bits per heavy atom. The Morgan fingerprint density at radius 3 is 2.85 bits per heavy atom. The van der Waals surface area contributed by atoms with Gasteiger partial charge < -0.3 is 10.4 Å². The fraction of sp³-hybridized carbons (Fsp3) is 0.667. The quantitative estimate of drug-likeness (QED) is 0.884. The molecule has 0 saturated heterocycles. The van der Waals surface area contributed by atoms with Crippen LogP contribution in [0.5, 0.6) is 0 Å². The Balaban J connectivity index is 2.19. The zero-order chi connectivity index (χ0) is 14.8. The first-order valence-corrected chi connectivity index (χ1v) is 7.25. The molecule has 20 heavy (non-hydrogen) atoms. The van der Waals surface area contributed by atoms with Gasteiger partial charge in [-0.3, -0.25) is 4.79 Å². The molecule has 2 unspecified atom stereocenters. The second kappa shape index (κ2) is 5.77. The Morgan fingerprint density at radius 1 is 1.45 bits per heavy atom. The van der Waals surface area contributed by atoms with E-state index in [1.54, 1.807) is 6.33 Å². The van der Waals surface area contributed by atoms with E-state index >= 15 is 0 Å². The molecule has 0 radical (unpaired) electrons. The molecular weight excluding hydrogens is 254 g/mol. The van der Waals surface area contributed by atoms with E-state index in [-0.39, 0.29) is 6.04 Å². The Bertz CT molecular complexity index is 490. The number of carboxylic acid groups (broad SMARTS) is 1. The Hall–Kier alpha value is -1.65. The van der Waals surface area contributed by atoms with Crippen LogP contribution in [0.4, 0.5) is 5.82 Å². The summed E-state index contributed by atoms with van der Waals surface area (Å²) >= 11 is 0. The Kier molecular flexibility index (Phi) is 4.26. The molecule has 0 aliphatic heterocycles. The molecule has 1 aromatic heterocycles. The third kappa shape index (κ3) is 2.92. The van der Waals surface area contributed by atoms with Gasteiger partial charge in [-0.05, 0) is 25.7 Å². The van der Waals surface area contributed by atoms with Crippen molar-refractivity contribution in [3.05, 3.63) is 18.1 Å². The van der Waals surface area contributed by atoms with Gasteiger partial charge in [-0.25, -0.2) is 9.97 Å². The van der Waals surface area contributed by atoms with Crippen LogP contribution in [0.2, 0.25) is 0 Å². The number of hydrogen-bond acceptors (Lipinski definition) is 4. The van der Waals surface area contributed by atoms with Crippen LogP contribution in [0.25, 0.3) is 0 Å². The first-order chi connectivity index (χ1) is 9.43. The maximum atomic E-state index is 11.6. The summed E-state index contributed by atoms with van der Waals surface area (Å²) in [4.78, 5) is 20.0. The molecule has 2 N–H and O–H groups in total. The van der Waals surface area contributed by atoms with Crippen molar-refractivity contribution >= 4 is 11.8 Å². The lowest BCUT2D eigenvalue weighted by atomic mass is 9.71. The van der Waals surface area contributed by atoms with Crippen LogP contribution >= 0.6 is 0 Å². The summed E-state index contributed by atoms with van der Waals surface area (Å²) in [7, 11) is 0. The van der Waals surface area contributed by atoms with Gasteiger partial charge in [-0.15, -0.1) is 0 Å². The zero-order valence-electron chi connectivity index (χ0n) is 12.4. The molecule has 1 heterocycles. The van der Waals surface area contributed by atoms with E-state index in [0.717, 1.165) is 30.8 Å². The van der Waals surface area contributed by atoms with Crippen LogP contribution in [-0.2, 0) is 4.79 Å². The van der Waals surface area contributed by atoms with E-state index in [9.17, 15) is 9.90 Å². The number of hydrogen-bond donors (Lipinski definition) is 2. The molecule has 0 spiro atoms. The minimum atomic E-state index is -0.729. The summed E-state index contributed by atoms with van der Waals surface area (Å²) in [6.07, 6.45) is 5.15. The molecule has 2 rings (SSSR count). The molecule has 5 heteroatoms. The van der Waals surface area contributed by atoms with Crippen LogP contribution in [0, 0.1) is 5.41 Å². The van der Waals surface area contributed by atoms with E-state index < -0.39 is 11.4 Å². The highest BCUT2D eigenvalue weighted by atomic mass is 16.4. The van der Waals surface area contributed by atoms with Crippen molar-refractivity contribution in [2.45, 2.75) is 58.4 Å². The van der Waals surface area contributed by atoms with Crippen LogP contribution in [0.3, 0.4) is 0 Å². The number of nitrogens with zero attached hydrogens (tertiary/aromatic N) is 2. The summed E-state index contributed by atoms with van der Waals surface area (Å²) < 4.78 is 0. The van der Waals surface area contributed by atoms with Gasteiger partial charge in [0.25, 0.3) is 0 Å². The van der Waals surface area contributed by atoms with Gasteiger partial charge in [0.05, 0.1) is 5.41 Å². The van der Waals surface area contributed by atoms with Crippen LogP contribution in [0.15, 0.2) is 12.4 Å². The Labute approximate surface area is 119 Å². The molecule has 5 nitrogen and oxygen atoms in total. The number of carboxylic acids is 1. The standard InChI is InChI=1S/C15H23N3O2/c1-10(2)11-8-13(17-9-16-11)18-12-6-4-5-7-15(12,3)14(19)20/h8-10,12H,4-7H2,1-3H3,(H,19,20)(H,16,17,18). The predicted octanol–water partition coefficient (Wildman–Crippen LogP) is 3.05. The van der Waals surface area contributed by atoms with Crippen molar-refractivity contribution in [2.24, 2.45) is 5.41 Å². The molecule has 0 amide bonds. The fourth-order valence-corrected chi connectivity index (χ4v) is 2.77. The van der Waals surface area contributed by atoms with Crippen LogP contribution in [0.1, 0.15) is 58.1 Å². The maximum Gasteiger partial charge on any atom is 0.311 e. The maximum absolute atomic E-state index is 11.6. The van der Waals surface area contributed by atoms with Gasteiger partial charge >= 0.3 is 5.97 Å². The SMILES string of the molecule is CC(C)c1cc(NC2CCCCC2(C)C(=O)O)ncn1. The highest BCUT2D eigenvalue weighted by molar-refractivity contribution is 5.76. The normalized spacial score (nSPS) is 26.5. The third-order valence-corrected chi connectivity index (χ3v) is 4.30. The average molecular weight is 277 g/mol. The van der Waals surface area contributed by atoms with Crippen molar-refractivity contribution in [1.29, 1.82) is 0 Å². The summed E-state index contributed by atoms with van der Waals surface area (Å²) in [5.74, 6) is 0.326. The second-order valence-corrected chi connectivity index (χ2v) is 6.15. The molecule has 0 bridgehead atoms. The van der Waals surface area contributed by atoms with E-state index in [1.165, 1.54) is 0 Å². The van der Waals surface area contributed by atoms with E-state index in [0.29, 0.717) is 12.3 Å². The first-order valence-electron chi connectivity index (χ1n) is 7.25. The molecule has 1 aliphatic carbocycles. The lowest BCUT2D eigenvalue weighted by Crippen LogP contribution is -2.46. The lowest BCUT2D eigenvalue weighted by Gasteiger charge is -2.38. The van der Waals surface area contributed by atoms with Crippen molar-refractivity contribution in [3.8, 4) is 0 Å². The van der Waals surface area contributed by atoms with Gasteiger partial charge in [0.15, 0.2) is 0 Å². The number of nitrogens with one attached hydrogen (secondary N) is 1. The molecule has 1 aromatic rings. The first kappa shape index (κ1) is 14.8. The molecule has 0 aromatic carbocycles. The number of anilines is 1. The van der Waals surface area contributed by atoms with Gasteiger partial charge in [0.2, 0.25) is 0 Å². The summed E-state index contributed by atoms with van der Waals surface area (Å²) in [6, 6.07) is 1.84. The average Bonchev–Trinajstić information content (AvgIpc) is 2.41. The monoisotopic (exact) mass is 277 g/mol. The van der Waals surface area contributed by atoms with Crippen molar-refractivity contribution in [2.75, 3.05) is 5.32 Å². The highest BCUT2D eigenvalue weighted by Gasteiger charge is 2.43. The molecule has 110 valence electrons. The molecule has 1 aliphatic rings. The smallest absolute Gasteiger partial charge is 0.311 e. The molecule has 1 saturated carbocycles. The minimum absolute atomic E-state index is 0.0799. The largest absolute Gasteiger partial charge is 0.481 e. The van der Waals surface area contributed by atoms with Crippen LogP contribution in [-0.4, -0.2) is 27.1 Å². The number of aliphatic carboxylic acids is 1. The molecule has 1 fully saturated rings. The lowest BCUT2D eigenvalue weighted by molar-refractivity contribution is -0.150. The van der Waals surface area contributed by atoms with Gasteiger partial charge in [0, 0.05) is 17.8 Å². The zero-order valence-corrected chi connectivity index (χ0v) is 12.4. The minimum Gasteiger partial charge on any atom is -0.481 e. The molecule has 2 atom stereocenters. The van der Waals surface area contributed by atoms with Crippen molar-refractivity contribution in [1.82, 2.24) is 9.97 Å². The fourth-order valence-electron chi connectivity index (χ4n) is 2.77. The van der Waals surface area contributed by atoms with Crippen LogP contribution < -0.4 is 5.32 Å². The summed E-state index contributed by atoms with van der Waals surface area (Å²) in [5, 5.41) is 12.8. The van der Waals surface area contributed by atoms with E-state index in [2.05, 4.69) is 29.1 Å². The van der Waals surface area contributed by atoms with Crippen molar-refractivity contribution < 1.29 is 9.90 Å². The van der Waals surface area contributed by atoms with Gasteiger partial charge in [0.1, 0.15) is 12.1 Å². The third-order valence-electron chi connectivity index (χ3n) is 4.30. The predicted molar refractivity (Wildman–Crippen MR) is 77.7 cm³/mol.